The predicted octanol–water partition coefficient (Wildman–Crippen LogP) is 8.56. The van der Waals surface area contributed by atoms with Gasteiger partial charge in [-0.1, -0.05) is 57.2 Å². The lowest BCUT2D eigenvalue weighted by Gasteiger charge is -2.35. The maximum absolute atomic E-state index is 14.4. The fourth-order valence-corrected chi connectivity index (χ4v) is 12.1. The highest BCUT2D eigenvalue weighted by Crippen LogP contribution is 2.40. The Morgan fingerprint density at radius 3 is 2.23 bits per heavy atom. The van der Waals surface area contributed by atoms with Crippen molar-refractivity contribution in [2.45, 2.75) is 124 Å². The number of fused-ring (bicyclic) bond motifs is 3. The van der Waals surface area contributed by atoms with Crippen LogP contribution >= 0.6 is 22.7 Å². The van der Waals surface area contributed by atoms with Gasteiger partial charge in [0, 0.05) is 72.6 Å². The maximum atomic E-state index is 14.4. The van der Waals surface area contributed by atoms with Crippen LogP contribution in [0.15, 0.2) is 83.3 Å². The van der Waals surface area contributed by atoms with Crippen LogP contribution in [0.2, 0.25) is 0 Å². The van der Waals surface area contributed by atoms with Gasteiger partial charge in [0.05, 0.1) is 41.0 Å². The molecule has 0 bridgehead atoms. The van der Waals surface area contributed by atoms with Crippen LogP contribution in [0.3, 0.4) is 0 Å². The summed E-state index contributed by atoms with van der Waals surface area (Å²) in [5.74, 6) is 0.624. The molecule has 2 fully saturated rings. The van der Waals surface area contributed by atoms with Crippen molar-refractivity contribution in [2.75, 3.05) is 31.6 Å². The number of thiophene rings is 1. The molecule has 18 heteroatoms. The van der Waals surface area contributed by atoms with E-state index in [2.05, 4.69) is 73.4 Å². The highest BCUT2D eigenvalue weighted by atomic mass is 32.1. The number of thiazole rings is 1. The van der Waals surface area contributed by atoms with Crippen molar-refractivity contribution < 1.29 is 33.8 Å². The molecule has 6 heterocycles. The first-order valence-electron chi connectivity index (χ1n) is 25.3. The number of likely N-dealkylation sites (tertiary alicyclic amines) is 1. The first-order valence-corrected chi connectivity index (χ1v) is 27.0. The van der Waals surface area contributed by atoms with Gasteiger partial charge in [0.25, 0.3) is 5.91 Å². The number of piperidine rings is 1. The number of anilines is 1. The Labute approximate surface area is 440 Å². The minimum Gasteiger partial charge on any atom is -0.490 e. The third-order valence-corrected chi connectivity index (χ3v) is 16.7. The van der Waals surface area contributed by atoms with E-state index in [1.165, 1.54) is 16.9 Å². The molecule has 0 spiro atoms. The van der Waals surface area contributed by atoms with E-state index in [-0.39, 0.29) is 49.5 Å². The number of aliphatic imine (C=N–C) groups is 1. The van der Waals surface area contributed by atoms with Gasteiger partial charge in [-0.05, 0) is 99.5 Å². The molecular formula is C56H65N9O7S2. The minimum atomic E-state index is -0.981. The Bertz CT molecular complexity index is 3060. The van der Waals surface area contributed by atoms with E-state index in [9.17, 15) is 24.3 Å². The maximum Gasteiger partial charge on any atom is 0.305 e. The third-order valence-electron chi connectivity index (χ3n) is 14.5. The second kappa shape index (κ2) is 21.6. The van der Waals surface area contributed by atoms with Crippen LogP contribution < -0.4 is 20.3 Å². The number of amides is 3. The zero-order valence-electron chi connectivity index (χ0n) is 43.5. The number of benzene rings is 3. The number of carbonyl (C=O) groups excluding carboxylic acids is 4. The summed E-state index contributed by atoms with van der Waals surface area (Å²) in [5, 5.41) is 26.8. The number of aliphatic hydroxyl groups is 1. The van der Waals surface area contributed by atoms with Gasteiger partial charge in [-0.25, -0.2) is 4.98 Å². The summed E-state index contributed by atoms with van der Waals surface area (Å²) in [5.41, 5.74) is 9.56. The molecule has 3 amide bonds. The molecule has 3 N–H and O–H groups in total. The summed E-state index contributed by atoms with van der Waals surface area (Å²) in [6.45, 7) is 17.2. The molecule has 3 aromatic carbocycles. The SMILES string of the molecule is COC(=O)CC[C@@H]1N=C(c2ccc(N3CCC(Oc4ccc(C(=O)N[C@H](C(=O)N5C[C@H](O)C[C@H]5C(=O)N[C@@H](C)c5ccc(-c6scnc6C)cc5)C(C)(C)C)cc4)CC3)cc2)c2c(sc(C)c2C)-n2c(C)nnc21. The second-order valence-corrected chi connectivity index (χ2v) is 22.7. The molecule has 0 radical (unpaired) electrons. The van der Waals surface area contributed by atoms with Gasteiger partial charge in [-0.2, -0.15) is 0 Å². The lowest BCUT2D eigenvalue weighted by atomic mass is 9.85. The van der Waals surface area contributed by atoms with Crippen molar-refractivity contribution in [3.63, 3.8) is 0 Å². The van der Waals surface area contributed by atoms with Crippen molar-refractivity contribution in [2.24, 2.45) is 10.4 Å². The Balaban J connectivity index is 0.800. The molecule has 0 aliphatic carbocycles. The molecule has 388 valence electrons. The van der Waals surface area contributed by atoms with Crippen molar-refractivity contribution in [3.8, 4) is 21.2 Å². The van der Waals surface area contributed by atoms with Crippen molar-refractivity contribution in [3.05, 3.63) is 128 Å². The van der Waals surface area contributed by atoms with Crippen molar-refractivity contribution in [1.29, 1.82) is 0 Å². The number of aliphatic hydroxyl groups excluding tert-OH is 1. The molecule has 0 unspecified atom stereocenters. The average Bonchev–Trinajstić information content (AvgIpc) is 4.16. The lowest BCUT2D eigenvalue weighted by Crippen LogP contribution is -2.57. The van der Waals surface area contributed by atoms with Gasteiger partial charge in [0.2, 0.25) is 11.8 Å². The van der Waals surface area contributed by atoms with Crippen LogP contribution in [0.4, 0.5) is 5.69 Å². The zero-order valence-corrected chi connectivity index (χ0v) is 45.1. The summed E-state index contributed by atoms with van der Waals surface area (Å²) < 4.78 is 13.5. The molecule has 3 aliphatic rings. The van der Waals surface area contributed by atoms with E-state index in [4.69, 9.17) is 14.5 Å². The fraction of sp³-hybridized carbons (Fsp3) is 0.429. The number of carbonyl (C=O) groups is 4. The number of nitrogens with zero attached hydrogens (tertiary/aromatic N) is 7. The van der Waals surface area contributed by atoms with E-state index in [1.54, 1.807) is 46.9 Å². The first-order chi connectivity index (χ1) is 35.4. The van der Waals surface area contributed by atoms with Gasteiger partial charge in [-0.15, -0.1) is 32.9 Å². The number of β-amino-alcohol motifs (C(OH)–C–C–N with tert-alkyl or cyclic N) is 1. The van der Waals surface area contributed by atoms with Crippen LogP contribution in [-0.4, -0.2) is 110 Å². The molecule has 2 saturated heterocycles. The summed E-state index contributed by atoms with van der Waals surface area (Å²) in [4.78, 5) is 69.9. The monoisotopic (exact) mass is 1040 g/mol. The molecule has 0 saturated carbocycles. The van der Waals surface area contributed by atoms with Crippen LogP contribution in [-0.2, 0) is 19.1 Å². The molecule has 3 aromatic heterocycles. The number of esters is 1. The number of nitrogens with one attached hydrogen (secondary N) is 2. The topological polar surface area (TPSA) is 193 Å². The highest BCUT2D eigenvalue weighted by molar-refractivity contribution is 7.15. The predicted molar refractivity (Wildman–Crippen MR) is 288 cm³/mol. The molecule has 9 rings (SSSR count). The second-order valence-electron chi connectivity index (χ2n) is 20.7. The van der Waals surface area contributed by atoms with Crippen LogP contribution in [0.25, 0.3) is 15.4 Å². The van der Waals surface area contributed by atoms with Crippen molar-refractivity contribution >= 4 is 57.8 Å². The molecule has 3 aliphatic heterocycles. The Morgan fingerprint density at radius 1 is 0.892 bits per heavy atom. The quantitative estimate of drug-likeness (QED) is 0.0886. The van der Waals surface area contributed by atoms with Crippen molar-refractivity contribution in [1.82, 2.24) is 35.3 Å². The van der Waals surface area contributed by atoms with Crippen LogP contribution in [0.1, 0.15) is 127 Å². The smallest absolute Gasteiger partial charge is 0.305 e. The Hall–Kier alpha value is -6.76. The van der Waals surface area contributed by atoms with E-state index in [0.29, 0.717) is 17.7 Å². The summed E-state index contributed by atoms with van der Waals surface area (Å²) >= 11 is 3.28. The third kappa shape index (κ3) is 10.9. The molecule has 74 heavy (non-hydrogen) atoms. The van der Waals surface area contributed by atoms with Gasteiger partial charge < -0.3 is 35.0 Å². The minimum absolute atomic E-state index is 0.0189. The van der Waals surface area contributed by atoms with Gasteiger partial charge in [0.15, 0.2) is 5.82 Å². The Morgan fingerprint density at radius 2 is 1.58 bits per heavy atom. The summed E-state index contributed by atoms with van der Waals surface area (Å²) in [6.07, 6.45) is 1.44. The van der Waals surface area contributed by atoms with Gasteiger partial charge >= 0.3 is 5.97 Å². The van der Waals surface area contributed by atoms with E-state index >= 15 is 0 Å². The van der Waals surface area contributed by atoms with E-state index < -0.39 is 35.4 Å². The van der Waals surface area contributed by atoms with Crippen LogP contribution in [0.5, 0.6) is 5.75 Å². The first kappa shape index (κ1) is 52.1. The Kier molecular flexibility index (Phi) is 15.2. The summed E-state index contributed by atoms with van der Waals surface area (Å²) in [7, 11) is 1.40. The lowest BCUT2D eigenvalue weighted by molar-refractivity contribution is -0.142. The zero-order chi connectivity index (χ0) is 52.6. The molecule has 16 nitrogen and oxygen atoms in total. The molecule has 6 aromatic rings. The summed E-state index contributed by atoms with van der Waals surface area (Å²) in [6, 6.07) is 20.8. The average molecular weight is 1040 g/mol. The van der Waals surface area contributed by atoms with Gasteiger partial charge in [-0.3, -0.25) is 28.7 Å². The number of hydrogen-bond donors (Lipinski definition) is 3. The number of aryl methyl sites for hydroxylation is 3. The largest absolute Gasteiger partial charge is 0.490 e. The van der Waals surface area contributed by atoms with Crippen LogP contribution in [0, 0.1) is 33.1 Å². The number of aromatic nitrogens is 4. The van der Waals surface area contributed by atoms with E-state index in [0.717, 1.165) is 92.4 Å². The number of rotatable bonds is 14. The molecular weight excluding hydrogens is 975 g/mol. The standard InChI is InChI=1S/C56H65N9O7S2/c1-31-34(4)74-55-47(31)48(59-44(22-23-46(67)71-9)51-62-61-35(5)65(51)55)37-14-18-40(19-15-37)63-26-24-43(25-27-63)72-42-20-16-39(17-21-42)52(68)60-50(56(6,7)8)54(70)64-29-41(66)28-45(64)53(69)58-32(2)36-10-12-38(13-11-36)49-33(3)57-30-73-49/h10-21,30,32,41,43-45,50,66H,22-29H2,1-9H3,(H,58,69)(H,60,68)/t32-,41+,44-,45-,50+/m0/s1. The van der Waals surface area contributed by atoms with Gasteiger partial charge in [0.1, 0.15) is 40.8 Å². The normalized spacial score (nSPS) is 18.7. The number of ether oxygens (including phenoxy) is 2. The fourth-order valence-electron chi connectivity index (χ4n) is 10.1. The van der Waals surface area contributed by atoms with E-state index in [1.807, 2.05) is 71.3 Å². The number of methoxy groups -OCH3 is 1. The highest BCUT2D eigenvalue weighted by Gasteiger charge is 2.45. The molecule has 5 atom stereocenters. The number of hydrogen-bond acceptors (Lipinski definition) is 14.